The molecule has 0 bridgehead atoms. The van der Waals surface area contributed by atoms with Gasteiger partial charge in [0.15, 0.2) is 0 Å². The van der Waals surface area contributed by atoms with Crippen molar-refractivity contribution in [3.63, 3.8) is 0 Å². The third-order valence-electron chi connectivity index (χ3n) is 4.52. The predicted molar refractivity (Wildman–Crippen MR) is 118 cm³/mol. The van der Waals surface area contributed by atoms with Gasteiger partial charge in [-0.1, -0.05) is 61.8 Å². The van der Waals surface area contributed by atoms with Crippen LogP contribution < -0.4 is 5.32 Å². The van der Waals surface area contributed by atoms with Gasteiger partial charge < -0.3 is 10.1 Å². The van der Waals surface area contributed by atoms with Gasteiger partial charge in [-0.15, -0.1) is 0 Å². The first kappa shape index (κ1) is 21.5. The summed E-state index contributed by atoms with van der Waals surface area (Å²) >= 11 is 5.91. The fraction of sp³-hybridized carbons (Fsp3) is 0.208. The summed E-state index contributed by atoms with van der Waals surface area (Å²) in [5, 5.41) is 3.81. The minimum absolute atomic E-state index is 0.00660. The highest BCUT2D eigenvalue weighted by Crippen LogP contribution is 2.18. The van der Waals surface area contributed by atoms with E-state index in [4.69, 9.17) is 16.3 Å². The number of nitrogens with zero attached hydrogens (tertiary/aromatic N) is 1. The van der Waals surface area contributed by atoms with Gasteiger partial charge in [-0.2, -0.15) is 0 Å². The van der Waals surface area contributed by atoms with Gasteiger partial charge in [0.1, 0.15) is 18.3 Å². The number of ether oxygens (including phenoxy) is 1. The number of carbonyl (C=O) groups excluding carboxylic acids is 2. The molecule has 0 fully saturated rings. The normalized spacial score (nSPS) is 11.7. The van der Waals surface area contributed by atoms with Crippen molar-refractivity contribution < 1.29 is 14.3 Å². The topological polar surface area (TPSA) is 68.3 Å². The average Bonchev–Trinajstić information content (AvgIpc) is 2.77. The second kappa shape index (κ2) is 10.0. The Bertz CT molecular complexity index is 1000. The van der Waals surface area contributed by atoms with Crippen LogP contribution in [0, 0.1) is 5.92 Å². The van der Waals surface area contributed by atoms with Crippen molar-refractivity contribution in [3.05, 3.63) is 94.8 Å². The van der Waals surface area contributed by atoms with Gasteiger partial charge in [0.2, 0.25) is 5.78 Å². The number of aromatic nitrogens is 1. The molecule has 3 rings (SSSR count). The van der Waals surface area contributed by atoms with E-state index in [1.807, 2.05) is 32.0 Å². The zero-order valence-electron chi connectivity index (χ0n) is 16.8. The summed E-state index contributed by atoms with van der Waals surface area (Å²) in [5.74, 6) is -0.554. The minimum Gasteiger partial charge on any atom is -0.458 e. The molecule has 1 N–H and O–H groups in total. The van der Waals surface area contributed by atoms with E-state index >= 15 is 0 Å². The molecular weight excluding hydrogens is 400 g/mol. The number of nitrogens with one attached hydrogen (secondary N) is 1. The number of halogens is 1. The van der Waals surface area contributed by atoms with Crippen LogP contribution in [-0.2, 0) is 16.1 Å². The molecule has 1 heterocycles. The highest BCUT2D eigenvalue weighted by molar-refractivity contribution is 6.30. The van der Waals surface area contributed by atoms with Crippen molar-refractivity contribution in [3.8, 4) is 0 Å². The number of pyridine rings is 1. The molecule has 0 radical (unpaired) electrons. The third-order valence-corrected chi connectivity index (χ3v) is 4.78. The molecule has 154 valence electrons. The maximum Gasteiger partial charge on any atom is 0.329 e. The van der Waals surface area contributed by atoms with Crippen molar-refractivity contribution in [1.82, 2.24) is 4.98 Å². The number of hydrogen-bond donors (Lipinski definition) is 1. The Hall–Kier alpha value is -3.18. The molecule has 1 aromatic heterocycles. The van der Waals surface area contributed by atoms with Gasteiger partial charge in [-0.25, -0.2) is 9.78 Å². The lowest BCUT2D eigenvalue weighted by molar-refractivity contribution is -0.147. The van der Waals surface area contributed by atoms with Crippen molar-refractivity contribution in [2.24, 2.45) is 5.92 Å². The van der Waals surface area contributed by atoms with E-state index in [0.29, 0.717) is 22.0 Å². The minimum atomic E-state index is -0.527. The quantitative estimate of drug-likeness (QED) is 0.402. The van der Waals surface area contributed by atoms with Gasteiger partial charge in [0.05, 0.1) is 5.69 Å². The molecule has 1 atom stereocenters. The summed E-state index contributed by atoms with van der Waals surface area (Å²) in [6, 6.07) is 20.7. The Morgan fingerprint density at radius 3 is 2.33 bits per heavy atom. The Labute approximate surface area is 181 Å². The second-order valence-corrected chi connectivity index (χ2v) is 7.63. The van der Waals surface area contributed by atoms with Crippen molar-refractivity contribution in [2.45, 2.75) is 26.5 Å². The van der Waals surface area contributed by atoms with E-state index < -0.39 is 6.04 Å². The molecule has 3 aromatic rings. The Morgan fingerprint density at radius 2 is 1.67 bits per heavy atom. The van der Waals surface area contributed by atoms with Gasteiger partial charge in [0.25, 0.3) is 0 Å². The second-order valence-electron chi connectivity index (χ2n) is 7.19. The summed E-state index contributed by atoms with van der Waals surface area (Å²) < 4.78 is 5.49. The van der Waals surface area contributed by atoms with Gasteiger partial charge >= 0.3 is 5.97 Å². The maximum absolute atomic E-state index is 12.7. The van der Waals surface area contributed by atoms with E-state index in [2.05, 4.69) is 10.3 Å². The number of anilines is 1. The van der Waals surface area contributed by atoms with Crippen LogP contribution in [-0.4, -0.2) is 22.8 Å². The molecule has 0 saturated heterocycles. The maximum atomic E-state index is 12.7. The number of benzene rings is 2. The standard InChI is InChI=1S/C24H23ClN2O3/c1-16(2)22(27-19-13-11-18(25)12-14-19)24(29)30-15-20-9-6-10-21(26-20)23(28)17-7-4-3-5-8-17/h3-14,16,22,27H,15H2,1-2H3. The smallest absolute Gasteiger partial charge is 0.329 e. The van der Waals surface area contributed by atoms with Crippen LogP contribution >= 0.6 is 11.6 Å². The third kappa shape index (κ3) is 5.67. The van der Waals surface area contributed by atoms with Crippen molar-refractivity contribution in [1.29, 1.82) is 0 Å². The first-order valence-corrected chi connectivity index (χ1v) is 10.1. The summed E-state index contributed by atoms with van der Waals surface area (Å²) in [7, 11) is 0. The molecule has 0 amide bonds. The lowest BCUT2D eigenvalue weighted by atomic mass is 10.0. The lowest BCUT2D eigenvalue weighted by Gasteiger charge is -2.22. The molecule has 5 nitrogen and oxygen atoms in total. The fourth-order valence-electron chi connectivity index (χ4n) is 2.88. The number of ketones is 1. The first-order valence-electron chi connectivity index (χ1n) is 9.68. The molecule has 0 aliphatic rings. The average molecular weight is 423 g/mol. The van der Waals surface area contributed by atoms with Crippen LogP contribution in [0.25, 0.3) is 0 Å². The summed E-state index contributed by atoms with van der Waals surface area (Å²) in [4.78, 5) is 29.6. The molecule has 0 saturated carbocycles. The van der Waals surface area contributed by atoms with E-state index in [-0.39, 0.29) is 24.3 Å². The fourth-order valence-corrected chi connectivity index (χ4v) is 3.01. The molecule has 30 heavy (non-hydrogen) atoms. The molecule has 6 heteroatoms. The summed E-state index contributed by atoms with van der Waals surface area (Å²) in [6.07, 6.45) is 0. The Morgan fingerprint density at radius 1 is 0.967 bits per heavy atom. The van der Waals surface area contributed by atoms with Crippen molar-refractivity contribution in [2.75, 3.05) is 5.32 Å². The Balaban J connectivity index is 1.65. The number of hydrogen-bond acceptors (Lipinski definition) is 5. The number of carbonyl (C=O) groups is 2. The van der Waals surface area contributed by atoms with E-state index in [1.54, 1.807) is 54.6 Å². The van der Waals surface area contributed by atoms with E-state index in [9.17, 15) is 9.59 Å². The van der Waals surface area contributed by atoms with E-state index in [0.717, 1.165) is 5.69 Å². The highest BCUT2D eigenvalue weighted by Gasteiger charge is 2.24. The van der Waals surface area contributed by atoms with Crippen LogP contribution in [0.1, 0.15) is 35.6 Å². The zero-order valence-corrected chi connectivity index (χ0v) is 17.6. The van der Waals surface area contributed by atoms with Crippen LogP contribution in [0.2, 0.25) is 5.02 Å². The van der Waals surface area contributed by atoms with Gasteiger partial charge in [0, 0.05) is 16.3 Å². The van der Waals surface area contributed by atoms with Crippen molar-refractivity contribution >= 4 is 29.0 Å². The van der Waals surface area contributed by atoms with E-state index in [1.165, 1.54) is 0 Å². The molecule has 0 aliphatic heterocycles. The van der Waals surface area contributed by atoms with Crippen LogP contribution in [0.3, 0.4) is 0 Å². The molecule has 0 spiro atoms. The van der Waals surface area contributed by atoms with Gasteiger partial charge in [-0.3, -0.25) is 4.79 Å². The van der Waals surface area contributed by atoms with Crippen LogP contribution in [0.5, 0.6) is 0 Å². The largest absolute Gasteiger partial charge is 0.458 e. The Kier molecular flexibility index (Phi) is 7.20. The summed E-state index contributed by atoms with van der Waals surface area (Å²) in [5.41, 5.74) is 2.17. The highest BCUT2D eigenvalue weighted by atomic mass is 35.5. The van der Waals surface area contributed by atoms with Gasteiger partial charge in [-0.05, 0) is 42.3 Å². The van der Waals surface area contributed by atoms with Crippen LogP contribution in [0.15, 0.2) is 72.8 Å². The molecule has 2 aromatic carbocycles. The monoisotopic (exact) mass is 422 g/mol. The first-order chi connectivity index (χ1) is 14.4. The lowest BCUT2D eigenvalue weighted by Crippen LogP contribution is -2.36. The summed E-state index contributed by atoms with van der Waals surface area (Å²) in [6.45, 7) is 3.86. The predicted octanol–water partition coefficient (Wildman–Crippen LogP) is 5.15. The zero-order chi connectivity index (χ0) is 21.5. The number of rotatable bonds is 8. The molecule has 1 unspecified atom stereocenters. The van der Waals surface area contributed by atoms with Crippen LogP contribution in [0.4, 0.5) is 5.69 Å². The molecule has 0 aliphatic carbocycles. The number of esters is 1. The molecular formula is C24H23ClN2O3. The SMILES string of the molecule is CC(C)C(Nc1ccc(Cl)cc1)C(=O)OCc1cccc(C(=O)c2ccccc2)n1.